The van der Waals surface area contributed by atoms with Crippen molar-refractivity contribution in [2.75, 3.05) is 18.2 Å². The third-order valence-corrected chi connectivity index (χ3v) is 6.14. The van der Waals surface area contributed by atoms with Gasteiger partial charge >= 0.3 is 0 Å². The molecule has 0 aliphatic rings. The van der Waals surface area contributed by atoms with Gasteiger partial charge in [0.15, 0.2) is 11.0 Å². The first-order valence-corrected chi connectivity index (χ1v) is 11.8. The molecule has 174 valence electrons. The third kappa shape index (κ3) is 6.06. The summed E-state index contributed by atoms with van der Waals surface area (Å²) in [5, 5.41) is 15.5. The molecule has 0 saturated carbocycles. The Morgan fingerprint density at radius 2 is 1.97 bits per heavy atom. The van der Waals surface area contributed by atoms with Crippen LogP contribution in [0.25, 0.3) is 0 Å². The number of thioether (sulfide) groups is 1. The molecule has 1 heterocycles. The molecule has 0 saturated heterocycles. The SMILES string of the molecule is CCn1c(SCC(=O)Nc2ccc(Cl)cc2C)nnc1C(C)NC(=O)c1ccccc1OC. The van der Waals surface area contributed by atoms with Gasteiger partial charge in [-0.3, -0.25) is 9.59 Å². The average molecular weight is 488 g/mol. The van der Waals surface area contributed by atoms with Crippen LogP contribution in [0.4, 0.5) is 5.69 Å². The number of nitrogens with one attached hydrogen (secondary N) is 2. The molecular formula is C23H26ClN5O3S. The first kappa shape index (κ1) is 24.6. The molecule has 0 aliphatic carbocycles. The minimum Gasteiger partial charge on any atom is -0.496 e. The monoisotopic (exact) mass is 487 g/mol. The van der Waals surface area contributed by atoms with Crippen LogP contribution >= 0.6 is 23.4 Å². The van der Waals surface area contributed by atoms with Gasteiger partial charge in [-0.05, 0) is 56.7 Å². The molecule has 3 aromatic rings. The van der Waals surface area contributed by atoms with E-state index in [9.17, 15) is 9.59 Å². The van der Waals surface area contributed by atoms with Crippen LogP contribution in [-0.4, -0.2) is 39.4 Å². The minimum atomic E-state index is -0.394. The number of aromatic nitrogens is 3. The molecule has 0 fully saturated rings. The molecule has 33 heavy (non-hydrogen) atoms. The van der Waals surface area contributed by atoms with Gasteiger partial charge in [-0.25, -0.2) is 0 Å². The molecule has 1 unspecified atom stereocenters. The summed E-state index contributed by atoms with van der Waals surface area (Å²) in [5.74, 6) is 0.851. The predicted molar refractivity (Wildman–Crippen MR) is 130 cm³/mol. The van der Waals surface area contributed by atoms with Gasteiger partial charge in [-0.2, -0.15) is 0 Å². The maximum Gasteiger partial charge on any atom is 0.255 e. The molecule has 0 bridgehead atoms. The van der Waals surface area contributed by atoms with Crippen molar-refractivity contribution in [3.05, 3.63) is 64.4 Å². The normalized spacial score (nSPS) is 11.7. The summed E-state index contributed by atoms with van der Waals surface area (Å²) < 4.78 is 7.16. The lowest BCUT2D eigenvalue weighted by Gasteiger charge is -2.16. The van der Waals surface area contributed by atoms with Crippen molar-refractivity contribution >= 4 is 40.9 Å². The number of hydrogen-bond acceptors (Lipinski definition) is 6. The van der Waals surface area contributed by atoms with Crippen LogP contribution < -0.4 is 15.4 Å². The number of ether oxygens (including phenoxy) is 1. The Hall–Kier alpha value is -3.04. The molecule has 3 rings (SSSR count). The highest BCUT2D eigenvalue weighted by Gasteiger charge is 2.21. The first-order chi connectivity index (χ1) is 15.8. The molecule has 0 spiro atoms. The molecule has 10 heteroatoms. The van der Waals surface area contributed by atoms with Crippen LogP contribution in [0.2, 0.25) is 5.02 Å². The van der Waals surface area contributed by atoms with Gasteiger partial charge in [0.2, 0.25) is 5.91 Å². The van der Waals surface area contributed by atoms with E-state index in [1.54, 1.807) is 42.5 Å². The van der Waals surface area contributed by atoms with E-state index in [1.165, 1.54) is 18.9 Å². The van der Waals surface area contributed by atoms with Crippen LogP contribution in [0.3, 0.4) is 0 Å². The van der Waals surface area contributed by atoms with Crippen LogP contribution in [0.5, 0.6) is 5.75 Å². The van der Waals surface area contributed by atoms with Gasteiger partial charge in [0, 0.05) is 17.3 Å². The first-order valence-electron chi connectivity index (χ1n) is 10.4. The maximum atomic E-state index is 12.7. The summed E-state index contributed by atoms with van der Waals surface area (Å²) in [6.07, 6.45) is 0. The number of hydrogen-bond donors (Lipinski definition) is 2. The summed E-state index contributed by atoms with van der Waals surface area (Å²) in [6.45, 7) is 6.28. The highest BCUT2D eigenvalue weighted by atomic mass is 35.5. The van der Waals surface area contributed by atoms with E-state index in [4.69, 9.17) is 16.3 Å². The van der Waals surface area contributed by atoms with E-state index < -0.39 is 6.04 Å². The van der Waals surface area contributed by atoms with E-state index >= 15 is 0 Å². The number of carbonyl (C=O) groups excluding carboxylic acids is 2. The van der Waals surface area contributed by atoms with E-state index in [0.29, 0.717) is 33.9 Å². The standard InChI is InChI=1S/C23H26ClN5O3S/c1-5-29-21(15(3)25-22(31)17-8-6-7-9-19(17)32-4)27-28-23(29)33-13-20(30)26-18-11-10-16(24)12-14(18)2/h6-12,15H,5,13H2,1-4H3,(H,25,31)(H,26,30). The van der Waals surface area contributed by atoms with Crippen LogP contribution in [0, 0.1) is 6.92 Å². The second-order valence-corrected chi connectivity index (χ2v) is 8.66. The average Bonchev–Trinajstić information content (AvgIpc) is 3.22. The lowest BCUT2D eigenvalue weighted by atomic mass is 10.1. The second kappa shape index (κ2) is 11.2. The molecule has 1 atom stereocenters. The van der Waals surface area contributed by atoms with Gasteiger partial charge < -0.3 is 19.9 Å². The summed E-state index contributed by atoms with van der Waals surface area (Å²) in [7, 11) is 1.52. The Balaban J connectivity index is 1.65. The van der Waals surface area contributed by atoms with Crippen molar-refractivity contribution < 1.29 is 14.3 Å². The number of methoxy groups -OCH3 is 1. The fraction of sp³-hybridized carbons (Fsp3) is 0.304. The summed E-state index contributed by atoms with van der Waals surface area (Å²) >= 11 is 7.26. The molecule has 2 aromatic carbocycles. The Kier molecular flexibility index (Phi) is 8.35. The second-order valence-electron chi connectivity index (χ2n) is 7.28. The van der Waals surface area contributed by atoms with E-state index in [-0.39, 0.29) is 17.6 Å². The predicted octanol–water partition coefficient (Wildman–Crippen LogP) is 4.49. The number of nitrogens with zero attached hydrogens (tertiary/aromatic N) is 3. The number of benzene rings is 2. The van der Waals surface area contributed by atoms with Gasteiger partial charge in [0.1, 0.15) is 5.75 Å². The van der Waals surface area contributed by atoms with Gasteiger partial charge in [0.05, 0.1) is 24.5 Å². The number of aryl methyl sites for hydroxylation is 1. The number of para-hydroxylation sites is 1. The number of halogens is 1. The third-order valence-electron chi connectivity index (χ3n) is 4.94. The minimum absolute atomic E-state index is 0.157. The molecule has 0 radical (unpaired) electrons. The van der Waals surface area contributed by atoms with E-state index in [0.717, 1.165) is 11.3 Å². The fourth-order valence-corrected chi connectivity index (χ4v) is 4.32. The molecule has 8 nitrogen and oxygen atoms in total. The van der Waals surface area contributed by atoms with Crippen molar-refractivity contribution in [2.24, 2.45) is 0 Å². The summed E-state index contributed by atoms with van der Waals surface area (Å²) in [5.41, 5.74) is 2.05. The zero-order valence-corrected chi connectivity index (χ0v) is 20.5. The summed E-state index contributed by atoms with van der Waals surface area (Å²) in [4.78, 5) is 25.2. The Morgan fingerprint density at radius 3 is 2.67 bits per heavy atom. The van der Waals surface area contributed by atoms with E-state index in [2.05, 4.69) is 20.8 Å². The van der Waals surface area contributed by atoms with Gasteiger partial charge in [0.25, 0.3) is 5.91 Å². The van der Waals surface area contributed by atoms with Crippen molar-refractivity contribution in [1.29, 1.82) is 0 Å². The van der Waals surface area contributed by atoms with Crippen LogP contribution in [-0.2, 0) is 11.3 Å². The van der Waals surface area contributed by atoms with Crippen LogP contribution in [0.15, 0.2) is 47.6 Å². The van der Waals surface area contributed by atoms with Gasteiger partial charge in [-0.15, -0.1) is 10.2 Å². The molecule has 2 amide bonds. The lowest BCUT2D eigenvalue weighted by molar-refractivity contribution is -0.113. The van der Waals surface area contributed by atoms with Gasteiger partial charge in [-0.1, -0.05) is 35.5 Å². The Labute approximate surface area is 202 Å². The Bertz CT molecular complexity index is 1150. The topological polar surface area (TPSA) is 98.1 Å². The number of anilines is 1. The van der Waals surface area contributed by atoms with Crippen molar-refractivity contribution in [1.82, 2.24) is 20.1 Å². The van der Waals surface area contributed by atoms with Crippen molar-refractivity contribution in [3.8, 4) is 5.75 Å². The maximum absolute atomic E-state index is 12.7. The molecule has 0 aliphatic heterocycles. The smallest absolute Gasteiger partial charge is 0.255 e. The number of carbonyl (C=O) groups is 2. The molecular weight excluding hydrogens is 462 g/mol. The molecule has 1 aromatic heterocycles. The number of amides is 2. The largest absolute Gasteiger partial charge is 0.496 e. The highest BCUT2D eigenvalue weighted by molar-refractivity contribution is 7.99. The fourth-order valence-electron chi connectivity index (χ4n) is 3.28. The Morgan fingerprint density at radius 1 is 1.21 bits per heavy atom. The number of rotatable bonds is 9. The van der Waals surface area contributed by atoms with Crippen LogP contribution in [0.1, 0.15) is 41.6 Å². The van der Waals surface area contributed by atoms with Crippen molar-refractivity contribution in [2.45, 2.75) is 38.5 Å². The van der Waals surface area contributed by atoms with Crippen molar-refractivity contribution in [3.63, 3.8) is 0 Å². The molecule has 2 N–H and O–H groups in total. The zero-order chi connectivity index (χ0) is 24.0. The zero-order valence-electron chi connectivity index (χ0n) is 18.9. The quantitative estimate of drug-likeness (QED) is 0.431. The van der Waals surface area contributed by atoms with E-state index in [1.807, 2.05) is 25.3 Å². The highest BCUT2D eigenvalue weighted by Crippen LogP contribution is 2.24. The lowest BCUT2D eigenvalue weighted by Crippen LogP contribution is -2.29. The summed E-state index contributed by atoms with van der Waals surface area (Å²) in [6, 6.07) is 11.9.